The average Bonchev–Trinajstić information content (AvgIpc) is 2.28. The first-order valence-electron chi connectivity index (χ1n) is 6.75. The van der Waals surface area contributed by atoms with Gasteiger partial charge in [-0.25, -0.2) is 0 Å². The van der Waals surface area contributed by atoms with Crippen LogP contribution in [0.1, 0.15) is 52.4 Å². The van der Waals surface area contributed by atoms with Crippen LogP contribution in [0, 0.1) is 0 Å². The molecule has 0 aromatic carbocycles. The quantitative estimate of drug-likeness (QED) is 0.421. The SMILES string of the molecule is CCCCCOP(=O)(CP(=O)(O)O)OCCCCC. The summed E-state index contributed by atoms with van der Waals surface area (Å²) in [6.07, 6.45) is 5.24. The van der Waals surface area contributed by atoms with Crippen molar-refractivity contribution in [3.63, 3.8) is 0 Å². The van der Waals surface area contributed by atoms with Gasteiger partial charge in [-0.3, -0.25) is 9.13 Å². The van der Waals surface area contributed by atoms with Crippen molar-refractivity contribution in [3.8, 4) is 0 Å². The van der Waals surface area contributed by atoms with Gasteiger partial charge in [0.05, 0.1) is 13.2 Å². The van der Waals surface area contributed by atoms with Crippen LogP contribution in [0.3, 0.4) is 0 Å². The Hall–Kier alpha value is 0.300. The van der Waals surface area contributed by atoms with Crippen LogP contribution in [0.2, 0.25) is 0 Å². The maximum absolute atomic E-state index is 12.2. The maximum Gasteiger partial charge on any atom is 0.342 e. The zero-order chi connectivity index (χ0) is 14.8. The predicted octanol–water partition coefficient (Wildman–Crippen LogP) is 3.73. The fourth-order valence-corrected chi connectivity index (χ4v) is 4.80. The molecule has 2 N–H and O–H groups in total. The van der Waals surface area contributed by atoms with E-state index in [1.807, 2.05) is 13.8 Å². The van der Waals surface area contributed by atoms with Gasteiger partial charge < -0.3 is 18.8 Å². The highest BCUT2D eigenvalue weighted by Gasteiger charge is 2.34. The highest BCUT2D eigenvalue weighted by molar-refractivity contribution is 7.70. The van der Waals surface area contributed by atoms with Crippen molar-refractivity contribution in [3.05, 3.63) is 0 Å². The molecule has 0 amide bonds. The van der Waals surface area contributed by atoms with Crippen molar-refractivity contribution >= 4 is 15.2 Å². The third-order valence-electron chi connectivity index (χ3n) is 2.43. The summed E-state index contributed by atoms with van der Waals surface area (Å²) in [7, 11) is -8.10. The minimum absolute atomic E-state index is 0.207. The molecule has 0 heterocycles. The zero-order valence-electron chi connectivity index (χ0n) is 11.8. The summed E-state index contributed by atoms with van der Waals surface area (Å²) in [5.41, 5.74) is 0. The topological polar surface area (TPSA) is 93.1 Å². The first kappa shape index (κ1) is 19.3. The van der Waals surface area contributed by atoms with Crippen LogP contribution < -0.4 is 0 Å². The molecule has 0 spiro atoms. The van der Waals surface area contributed by atoms with E-state index in [4.69, 9.17) is 18.8 Å². The van der Waals surface area contributed by atoms with Gasteiger partial charge in [-0.2, -0.15) is 0 Å². The second-order valence-corrected chi connectivity index (χ2v) is 8.70. The van der Waals surface area contributed by atoms with Gasteiger partial charge in [-0.1, -0.05) is 39.5 Å². The van der Waals surface area contributed by atoms with Gasteiger partial charge in [0, 0.05) is 0 Å². The second-order valence-electron chi connectivity index (χ2n) is 4.50. The fourth-order valence-electron chi connectivity index (χ4n) is 1.46. The number of hydrogen-bond donors (Lipinski definition) is 2. The Labute approximate surface area is 115 Å². The highest BCUT2D eigenvalue weighted by atomic mass is 31.2. The van der Waals surface area contributed by atoms with E-state index in [9.17, 15) is 9.13 Å². The normalized spacial score (nSPS) is 12.8. The van der Waals surface area contributed by atoms with Crippen molar-refractivity contribution in [2.45, 2.75) is 52.4 Å². The van der Waals surface area contributed by atoms with Gasteiger partial charge in [0.15, 0.2) is 5.90 Å². The highest BCUT2D eigenvalue weighted by Crippen LogP contribution is 2.59. The predicted molar refractivity (Wildman–Crippen MR) is 75.5 cm³/mol. The summed E-state index contributed by atoms with van der Waals surface area (Å²) < 4.78 is 33.5. The van der Waals surface area contributed by atoms with E-state index >= 15 is 0 Å². The van der Waals surface area contributed by atoms with Crippen LogP contribution in [0.4, 0.5) is 0 Å². The van der Waals surface area contributed by atoms with Crippen molar-refractivity contribution < 1.29 is 28.0 Å². The molecule has 6 nitrogen and oxygen atoms in total. The largest absolute Gasteiger partial charge is 0.342 e. The van der Waals surface area contributed by atoms with E-state index in [1.165, 1.54) is 0 Å². The monoisotopic (exact) mass is 316 g/mol. The molecule has 0 rings (SSSR count). The summed E-state index contributed by atoms with van der Waals surface area (Å²) in [6, 6.07) is 0. The summed E-state index contributed by atoms with van der Waals surface area (Å²) in [6.45, 7) is 4.46. The third kappa shape index (κ3) is 11.8. The van der Waals surface area contributed by atoms with Gasteiger partial charge in [0.25, 0.3) is 0 Å². The molecule has 0 fully saturated rings. The second kappa shape index (κ2) is 10.1. The minimum atomic E-state index is -4.41. The smallest absolute Gasteiger partial charge is 0.324 e. The summed E-state index contributed by atoms with van der Waals surface area (Å²) >= 11 is 0. The van der Waals surface area contributed by atoms with E-state index in [-0.39, 0.29) is 13.2 Å². The lowest BCUT2D eigenvalue weighted by atomic mass is 10.3. The van der Waals surface area contributed by atoms with Crippen molar-refractivity contribution in [1.82, 2.24) is 0 Å². The molecule has 19 heavy (non-hydrogen) atoms. The Morgan fingerprint density at radius 1 is 0.842 bits per heavy atom. The summed E-state index contributed by atoms with van der Waals surface area (Å²) in [4.78, 5) is 17.9. The Bertz CT molecular complexity index is 298. The van der Waals surface area contributed by atoms with E-state index < -0.39 is 21.1 Å². The third-order valence-corrected chi connectivity index (χ3v) is 6.44. The molecule has 0 aromatic heterocycles. The van der Waals surface area contributed by atoms with E-state index in [2.05, 4.69) is 0 Å². The molecule has 0 aliphatic carbocycles. The Kier molecular flexibility index (Phi) is 10.2. The van der Waals surface area contributed by atoms with E-state index in [0.717, 1.165) is 25.7 Å². The lowest BCUT2D eigenvalue weighted by Crippen LogP contribution is -2.03. The van der Waals surface area contributed by atoms with Crippen LogP contribution >= 0.6 is 15.2 Å². The molecule has 0 aliphatic rings. The van der Waals surface area contributed by atoms with E-state index in [1.54, 1.807) is 0 Å². The number of hydrogen-bond acceptors (Lipinski definition) is 4. The molecule has 0 aliphatic heterocycles. The zero-order valence-corrected chi connectivity index (χ0v) is 13.6. The molecule has 8 heteroatoms. The van der Waals surface area contributed by atoms with Gasteiger partial charge in [-0.05, 0) is 12.8 Å². The van der Waals surface area contributed by atoms with Gasteiger partial charge in [0.1, 0.15) is 0 Å². The summed E-state index contributed by atoms with van der Waals surface area (Å²) in [5, 5.41) is 0. The van der Waals surface area contributed by atoms with Crippen LogP contribution in [-0.2, 0) is 18.2 Å². The lowest BCUT2D eigenvalue weighted by molar-refractivity contribution is 0.200. The lowest BCUT2D eigenvalue weighted by Gasteiger charge is -2.19. The molecule has 0 bridgehead atoms. The number of unbranched alkanes of at least 4 members (excludes halogenated alkanes) is 4. The van der Waals surface area contributed by atoms with Gasteiger partial charge >= 0.3 is 15.2 Å². The van der Waals surface area contributed by atoms with Gasteiger partial charge in [0.2, 0.25) is 0 Å². The number of rotatable bonds is 12. The first-order valence-corrected chi connectivity index (χ1v) is 10.3. The van der Waals surface area contributed by atoms with Crippen molar-refractivity contribution in [2.75, 3.05) is 19.1 Å². The molecule has 0 unspecified atom stereocenters. The van der Waals surface area contributed by atoms with Crippen molar-refractivity contribution in [2.24, 2.45) is 0 Å². The minimum Gasteiger partial charge on any atom is -0.324 e. The molecule has 0 saturated heterocycles. The standard InChI is InChI=1S/C11H26O6P2/c1-3-5-7-9-16-19(15,11-18(12,13)14)17-10-8-6-4-2/h3-11H2,1-2H3,(H2,12,13,14). The molecular weight excluding hydrogens is 290 g/mol. The maximum atomic E-state index is 12.2. The molecule has 116 valence electrons. The van der Waals surface area contributed by atoms with Crippen LogP contribution in [-0.4, -0.2) is 28.9 Å². The Balaban J connectivity index is 4.28. The van der Waals surface area contributed by atoms with Gasteiger partial charge in [-0.15, -0.1) is 0 Å². The molecule has 0 saturated carbocycles. The Morgan fingerprint density at radius 3 is 1.58 bits per heavy atom. The first-order chi connectivity index (χ1) is 8.83. The average molecular weight is 316 g/mol. The van der Waals surface area contributed by atoms with Crippen LogP contribution in [0.25, 0.3) is 0 Å². The van der Waals surface area contributed by atoms with Crippen LogP contribution in [0.5, 0.6) is 0 Å². The van der Waals surface area contributed by atoms with E-state index in [0.29, 0.717) is 12.8 Å². The summed E-state index contributed by atoms with van der Waals surface area (Å²) in [5.74, 6) is -0.835. The molecular formula is C11H26O6P2. The van der Waals surface area contributed by atoms with Crippen molar-refractivity contribution in [1.29, 1.82) is 0 Å². The molecule has 0 atom stereocenters. The Morgan fingerprint density at radius 2 is 1.26 bits per heavy atom. The molecule has 0 radical (unpaired) electrons. The van der Waals surface area contributed by atoms with Crippen LogP contribution in [0.15, 0.2) is 0 Å². The fraction of sp³-hybridized carbons (Fsp3) is 1.00. The molecule has 0 aromatic rings.